The molecule has 0 saturated carbocycles. The van der Waals surface area contributed by atoms with Crippen LogP contribution in [0.3, 0.4) is 0 Å². The molecule has 1 fully saturated rings. The molecule has 146 valence electrons. The lowest BCUT2D eigenvalue weighted by Gasteiger charge is -2.27. The van der Waals surface area contributed by atoms with E-state index in [4.69, 9.17) is 30.8 Å². The summed E-state index contributed by atoms with van der Waals surface area (Å²) in [5.74, 6) is 1.37. The van der Waals surface area contributed by atoms with Crippen molar-refractivity contribution in [2.45, 2.75) is 6.54 Å². The highest BCUT2D eigenvalue weighted by molar-refractivity contribution is 6.30. The van der Waals surface area contributed by atoms with Crippen LogP contribution in [0, 0.1) is 0 Å². The number of pyridine rings is 1. The molecule has 0 N–H and O–H groups in total. The first kappa shape index (κ1) is 19.0. The van der Waals surface area contributed by atoms with E-state index in [1.807, 2.05) is 36.4 Å². The molecule has 4 rings (SSSR count). The molecule has 0 amide bonds. The zero-order valence-electron chi connectivity index (χ0n) is 16.1. The minimum Gasteiger partial charge on any atom is -0.493 e. The number of morpholine rings is 1. The Balaban J connectivity index is 1.85. The number of aromatic nitrogens is 1. The van der Waals surface area contributed by atoms with E-state index in [0.717, 1.165) is 60.6 Å². The van der Waals surface area contributed by atoms with Crippen LogP contribution >= 0.6 is 11.6 Å². The molecule has 2 aromatic carbocycles. The molecule has 0 unspecified atom stereocenters. The molecule has 3 aromatic rings. The Morgan fingerprint density at radius 2 is 1.79 bits per heavy atom. The van der Waals surface area contributed by atoms with Crippen LogP contribution in [-0.4, -0.2) is 50.4 Å². The number of nitrogens with zero attached hydrogens (tertiary/aromatic N) is 2. The number of methoxy groups -OCH3 is 2. The first-order valence-corrected chi connectivity index (χ1v) is 9.67. The van der Waals surface area contributed by atoms with Crippen molar-refractivity contribution in [2.24, 2.45) is 0 Å². The van der Waals surface area contributed by atoms with Gasteiger partial charge in [-0.25, -0.2) is 4.98 Å². The highest BCUT2D eigenvalue weighted by Gasteiger charge is 2.17. The van der Waals surface area contributed by atoms with Crippen molar-refractivity contribution >= 4 is 22.5 Å². The van der Waals surface area contributed by atoms with Crippen LogP contribution in [0.25, 0.3) is 22.2 Å². The van der Waals surface area contributed by atoms with Gasteiger partial charge in [-0.05, 0) is 29.8 Å². The number of benzene rings is 2. The molecule has 1 aromatic heterocycles. The minimum absolute atomic E-state index is 0.667. The van der Waals surface area contributed by atoms with E-state index in [9.17, 15) is 0 Å². The average molecular weight is 399 g/mol. The third-order valence-corrected chi connectivity index (χ3v) is 5.23. The maximum atomic E-state index is 6.25. The van der Waals surface area contributed by atoms with Gasteiger partial charge in [0, 0.05) is 41.7 Å². The lowest BCUT2D eigenvalue weighted by molar-refractivity contribution is 0.0342. The highest BCUT2D eigenvalue weighted by Crippen LogP contribution is 2.35. The topological polar surface area (TPSA) is 43.8 Å². The average Bonchev–Trinajstić information content (AvgIpc) is 2.73. The third-order valence-electron chi connectivity index (χ3n) is 4.99. The lowest BCUT2D eigenvalue weighted by Crippen LogP contribution is -2.35. The molecule has 0 spiro atoms. The van der Waals surface area contributed by atoms with Crippen LogP contribution in [0.1, 0.15) is 5.56 Å². The largest absolute Gasteiger partial charge is 0.493 e. The lowest BCUT2D eigenvalue weighted by atomic mass is 10.0. The molecule has 1 aliphatic heterocycles. The predicted octanol–water partition coefficient (Wildman–Crippen LogP) is 4.40. The number of ether oxygens (including phenoxy) is 3. The number of hydrogen-bond donors (Lipinski definition) is 0. The van der Waals surface area contributed by atoms with Gasteiger partial charge in [-0.3, -0.25) is 4.90 Å². The van der Waals surface area contributed by atoms with E-state index in [0.29, 0.717) is 16.5 Å². The van der Waals surface area contributed by atoms with Gasteiger partial charge in [-0.2, -0.15) is 0 Å². The fraction of sp³-hybridized carbons (Fsp3) is 0.318. The van der Waals surface area contributed by atoms with Crippen molar-refractivity contribution < 1.29 is 14.2 Å². The summed E-state index contributed by atoms with van der Waals surface area (Å²) in [5.41, 5.74) is 3.96. The Bertz CT molecular complexity index is 987. The highest BCUT2D eigenvalue weighted by atomic mass is 35.5. The molecule has 0 bridgehead atoms. The Hall–Kier alpha value is -2.34. The Kier molecular flexibility index (Phi) is 5.67. The van der Waals surface area contributed by atoms with E-state index in [1.54, 1.807) is 14.2 Å². The molecule has 1 aliphatic rings. The fourth-order valence-corrected chi connectivity index (χ4v) is 3.74. The molecule has 0 aliphatic carbocycles. The first-order valence-electron chi connectivity index (χ1n) is 9.29. The maximum absolute atomic E-state index is 6.25. The monoisotopic (exact) mass is 398 g/mol. The van der Waals surface area contributed by atoms with Crippen molar-refractivity contribution in [3.63, 3.8) is 0 Å². The summed E-state index contributed by atoms with van der Waals surface area (Å²) in [6.45, 7) is 4.16. The summed E-state index contributed by atoms with van der Waals surface area (Å²) in [6.07, 6.45) is 0. The number of halogens is 1. The van der Waals surface area contributed by atoms with Gasteiger partial charge in [0.2, 0.25) is 0 Å². The van der Waals surface area contributed by atoms with E-state index < -0.39 is 0 Å². The van der Waals surface area contributed by atoms with Crippen LogP contribution in [-0.2, 0) is 11.3 Å². The molecule has 0 atom stereocenters. The fourth-order valence-electron chi connectivity index (χ4n) is 3.55. The summed E-state index contributed by atoms with van der Waals surface area (Å²) in [7, 11) is 3.28. The summed E-state index contributed by atoms with van der Waals surface area (Å²) in [4.78, 5) is 7.37. The Morgan fingerprint density at radius 1 is 1.04 bits per heavy atom. The summed E-state index contributed by atoms with van der Waals surface area (Å²) >= 11 is 6.25. The second-order valence-electron chi connectivity index (χ2n) is 6.79. The van der Waals surface area contributed by atoms with Gasteiger partial charge in [0.05, 0.1) is 38.6 Å². The number of fused-ring (bicyclic) bond motifs is 1. The van der Waals surface area contributed by atoms with Gasteiger partial charge in [0.15, 0.2) is 11.5 Å². The molecule has 6 heteroatoms. The number of hydrogen-bond acceptors (Lipinski definition) is 5. The Labute approximate surface area is 169 Å². The molecular weight excluding hydrogens is 376 g/mol. The van der Waals surface area contributed by atoms with Gasteiger partial charge in [-0.1, -0.05) is 23.7 Å². The second kappa shape index (κ2) is 8.35. The normalized spacial score (nSPS) is 15.0. The third kappa shape index (κ3) is 3.92. The van der Waals surface area contributed by atoms with Gasteiger partial charge in [-0.15, -0.1) is 0 Å². The zero-order valence-corrected chi connectivity index (χ0v) is 16.8. The summed E-state index contributed by atoms with van der Waals surface area (Å²) < 4.78 is 16.4. The van der Waals surface area contributed by atoms with Gasteiger partial charge >= 0.3 is 0 Å². The first-order chi connectivity index (χ1) is 13.7. The smallest absolute Gasteiger partial charge is 0.162 e. The maximum Gasteiger partial charge on any atom is 0.162 e. The van der Waals surface area contributed by atoms with Gasteiger partial charge in [0.25, 0.3) is 0 Å². The standard InChI is InChI=1S/C22H23ClN2O3/c1-26-20-12-16-10-17(14-25-6-8-28-9-7-25)22(15-4-3-5-18(23)11-15)24-19(16)13-21(20)27-2/h3-5,10-13H,6-9,14H2,1-2H3. The van der Waals surface area contributed by atoms with E-state index in [1.165, 1.54) is 0 Å². The number of rotatable bonds is 5. The van der Waals surface area contributed by atoms with E-state index >= 15 is 0 Å². The van der Waals surface area contributed by atoms with Crippen molar-refractivity contribution in [1.82, 2.24) is 9.88 Å². The predicted molar refractivity (Wildman–Crippen MR) is 111 cm³/mol. The second-order valence-corrected chi connectivity index (χ2v) is 7.23. The molecule has 0 radical (unpaired) electrons. The summed E-state index contributed by atoms with van der Waals surface area (Å²) in [6, 6.07) is 13.9. The Morgan fingerprint density at radius 3 is 2.50 bits per heavy atom. The van der Waals surface area contributed by atoms with Crippen LogP contribution in [0.2, 0.25) is 5.02 Å². The van der Waals surface area contributed by atoms with Gasteiger partial charge < -0.3 is 14.2 Å². The van der Waals surface area contributed by atoms with Crippen LogP contribution < -0.4 is 9.47 Å². The SMILES string of the molecule is COc1cc2cc(CN3CCOCC3)c(-c3cccc(Cl)c3)nc2cc1OC. The van der Waals surface area contributed by atoms with E-state index in [-0.39, 0.29) is 0 Å². The van der Waals surface area contributed by atoms with Crippen LogP contribution in [0.4, 0.5) is 0 Å². The molecule has 2 heterocycles. The van der Waals surface area contributed by atoms with Gasteiger partial charge in [0.1, 0.15) is 0 Å². The van der Waals surface area contributed by atoms with Crippen molar-refractivity contribution in [1.29, 1.82) is 0 Å². The van der Waals surface area contributed by atoms with Crippen molar-refractivity contribution in [3.8, 4) is 22.8 Å². The minimum atomic E-state index is 0.667. The van der Waals surface area contributed by atoms with Crippen molar-refractivity contribution in [3.05, 3.63) is 53.1 Å². The van der Waals surface area contributed by atoms with Crippen molar-refractivity contribution in [2.75, 3.05) is 40.5 Å². The molecule has 1 saturated heterocycles. The molecular formula is C22H23ClN2O3. The van der Waals surface area contributed by atoms with Crippen LogP contribution in [0.15, 0.2) is 42.5 Å². The zero-order chi connectivity index (χ0) is 19.5. The van der Waals surface area contributed by atoms with E-state index in [2.05, 4.69) is 11.0 Å². The van der Waals surface area contributed by atoms with Crippen LogP contribution in [0.5, 0.6) is 11.5 Å². The quantitative estimate of drug-likeness (QED) is 0.637. The molecule has 5 nitrogen and oxygen atoms in total. The summed E-state index contributed by atoms with van der Waals surface area (Å²) in [5, 5.41) is 1.72. The molecule has 28 heavy (non-hydrogen) atoms.